The van der Waals surface area contributed by atoms with Gasteiger partial charge in [0.25, 0.3) is 0 Å². The van der Waals surface area contributed by atoms with E-state index in [1.807, 2.05) is 0 Å². The van der Waals surface area contributed by atoms with Crippen LogP contribution in [-0.4, -0.2) is 48.4 Å². The van der Waals surface area contributed by atoms with Crippen LogP contribution in [-0.2, 0) is 0 Å². The minimum atomic E-state index is -0.633. The molecule has 0 aliphatic carbocycles. The Morgan fingerprint density at radius 2 is 2.14 bits per heavy atom. The Kier molecular flexibility index (Phi) is 8.34. The molecule has 1 saturated heterocycles. The van der Waals surface area contributed by atoms with Crippen LogP contribution < -0.4 is 20.7 Å². The molecule has 1 atom stereocenters. The molecule has 1 aromatic heterocycles. The van der Waals surface area contributed by atoms with Crippen molar-refractivity contribution in [3.63, 3.8) is 0 Å². The van der Waals surface area contributed by atoms with Crippen LogP contribution in [0.4, 0.5) is 19.6 Å². The van der Waals surface area contributed by atoms with Gasteiger partial charge in [0.05, 0.1) is 27.4 Å². The summed E-state index contributed by atoms with van der Waals surface area (Å²) in [5.74, 6) is -0.425. The number of nitrogens with zero attached hydrogens (tertiary/aromatic N) is 1. The van der Waals surface area contributed by atoms with Crippen molar-refractivity contribution in [2.45, 2.75) is 29.8 Å². The van der Waals surface area contributed by atoms with Gasteiger partial charge in [-0.15, -0.1) is 0 Å². The van der Waals surface area contributed by atoms with Crippen molar-refractivity contribution >= 4 is 45.7 Å². The Balaban J connectivity index is 1.36. The van der Waals surface area contributed by atoms with Crippen molar-refractivity contribution in [1.29, 1.82) is 0 Å². The second-order valence-corrected chi connectivity index (χ2v) is 9.13. The monoisotopic (exact) mass is 463 g/mol. The van der Waals surface area contributed by atoms with Crippen molar-refractivity contribution in [3.05, 3.63) is 34.3 Å². The van der Waals surface area contributed by atoms with Gasteiger partial charge in [0.2, 0.25) is 0 Å². The summed E-state index contributed by atoms with van der Waals surface area (Å²) < 4.78 is 30.0. The van der Waals surface area contributed by atoms with Gasteiger partial charge in [-0.05, 0) is 56.4 Å². The van der Waals surface area contributed by atoms with Crippen LogP contribution in [0.1, 0.15) is 19.3 Å². The van der Waals surface area contributed by atoms with E-state index in [1.54, 1.807) is 0 Å². The van der Waals surface area contributed by atoms with E-state index in [9.17, 15) is 13.9 Å². The lowest BCUT2D eigenvalue weighted by Gasteiger charge is -2.21. The average molecular weight is 464 g/mol. The fraction of sp³-hybridized carbons (Fsp3) is 0.500. The van der Waals surface area contributed by atoms with Gasteiger partial charge in [-0.1, -0.05) is 22.9 Å². The Hall–Kier alpha value is -1.17. The molecular formula is C18H24ClF2N5OS2. The molecule has 1 aromatic carbocycles. The second-order valence-electron chi connectivity index (χ2n) is 6.90. The van der Waals surface area contributed by atoms with Gasteiger partial charge in [-0.25, -0.2) is 9.37 Å². The van der Waals surface area contributed by atoms with E-state index < -0.39 is 16.5 Å². The maximum Gasteiger partial charge on any atom is 0.198 e. The maximum absolute atomic E-state index is 14.3. The highest BCUT2D eigenvalue weighted by atomic mass is 35.5. The number of β-amino-alcohol motifs (C(OH)–C–C–N with tert-alkyl or cyclic N) is 1. The maximum atomic E-state index is 14.3. The number of anilines is 2. The number of unbranched alkanes of at least 4 members (excludes halogenated alkanes) is 1. The van der Waals surface area contributed by atoms with Crippen LogP contribution in [0.25, 0.3) is 0 Å². The van der Waals surface area contributed by atoms with Crippen LogP contribution in [0.5, 0.6) is 0 Å². The molecule has 1 aliphatic rings. The summed E-state index contributed by atoms with van der Waals surface area (Å²) in [4.78, 5) is 4.12. The topological polar surface area (TPSA) is 81.2 Å². The number of aliphatic hydroxyl groups is 1. The van der Waals surface area contributed by atoms with Gasteiger partial charge in [0.15, 0.2) is 10.3 Å². The van der Waals surface area contributed by atoms with E-state index >= 15 is 0 Å². The number of aromatic nitrogens is 1. The largest absolute Gasteiger partial charge is 0.387 e. The third kappa shape index (κ3) is 6.94. The summed E-state index contributed by atoms with van der Waals surface area (Å²) in [6.45, 7) is 3.55. The smallest absolute Gasteiger partial charge is 0.198 e. The fourth-order valence-corrected chi connectivity index (χ4v) is 4.51. The molecule has 0 amide bonds. The van der Waals surface area contributed by atoms with E-state index in [0.29, 0.717) is 40.4 Å². The molecule has 11 heteroatoms. The van der Waals surface area contributed by atoms with E-state index in [4.69, 9.17) is 11.6 Å². The summed E-state index contributed by atoms with van der Waals surface area (Å²) in [6.07, 6.45) is 3.69. The molecule has 3 rings (SSSR count). The first-order valence-electron chi connectivity index (χ1n) is 9.36. The first kappa shape index (κ1) is 22.5. The molecule has 6 nitrogen and oxygen atoms in total. The van der Waals surface area contributed by atoms with Crippen molar-refractivity contribution < 1.29 is 13.9 Å². The predicted octanol–water partition coefficient (Wildman–Crippen LogP) is 3.70. The van der Waals surface area contributed by atoms with Crippen molar-refractivity contribution in [3.8, 4) is 0 Å². The normalized spacial score (nSPS) is 18.9. The van der Waals surface area contributed by atoms with E-state index in [0.717, 1.165) is 61.8 Å². The molecule has 29 heavy (non-hydrogen) atoms. The molecule has 1 fully saturated rings. The van der Waals surface area contributed by atoms with Gasteiger partial charge in [0.1, 0.15) is 5.82 Å². The van der Waals surface area contributed by atoms with Crippen LogP contribution in [0.15, 0.2) is 23.2 Å². The van der Waals surface area contributed by atoms with E-state index in [2.05, 4.69) is 25.7 Å². The van der Waals surface area contributed by atoms with Gasteiger partial charge in [-0.2, -0.15) is 4.39 Å². The number of benzene rings is 1. The SMILES string of the molecule is O[C@]1(CNCCCCNc2cc(F)c(SNc3ncc(F)s3)cc2Cl)CCNC1. The predicted molar refractivity (Wildman–Crippen MR) is 116 cm³/mol. The Bertz CT molecular complexity index is 805. The number of thiazole rings is 1. The summed E-state index contributed by atoms with van der Waals surface area (Å²) in [6, 6.07) is 2.88. The molecule has 2 aromatic rings. The lowest BCUT2D eigenvalue weighted by atomic mass is 10.0. The first-order valence-corrected chi connectivity index (χ1v) is 11.4. The summed E-state index contributed by atoms with van der Waals surface area (Å²) in [5, 5.41) is 20.2. The van der Waals surface area contributed by atoms with E-state index in [1.165, 1.54) is 12.1 Å². The Labute approximate surface area is 182 Å². The van der Waals surface area contributed by atoms with Crippen LogP contribution in [0.3, 0.4) is 0 Å². The van der Waals surface area contributed by atoms with Crippen LogP contribution in [0.2, 0.25) is 5.02 Å². The van der Waals surface area contributed by atoms with Gasteiger partial charge in [0, 0.05) is 19.6 Å². The zero-order valence-corrected chi connectivity index (χ0v) is 18.1. The quantitative estimate of drug-likeness (QED) is 0.257. The molecule has 0 bridgehead atoms. The molecule has 0 spiro atoms. The van der Waals surface area contributed by atoms with Gasteiger partial charge < -0.3 is 25.8 Å². The highest BCUT2D eigenvalue weighted by Gasteiger charge is 2.30. The summed E-state index contributed by atoms with van der Waals surface area (Å²) in [7, 11) is 0. The van der Waals surface area contributed by atoms with Gasteiger partial charge >= 0.3 is 0 Å². The molecule has 2 heterocycles. The zero-order chi connectivity index (χ0) is 20.7. The summed E-state index contributed by atoms with van der Waals surface area (Å²) in [5.41, 5.74) is -0.0980. The lowest BCUT2D eigenvalue weighted by Crippen LogP contribution is -2.42. The number of hydrogen-bond acceptors (Lipinski definition) is 8. The minimum Gasteiger partial charge on any atom is -0.387 e. The average Bonchev–Trinajstić information content (AvgIpc) is 3.30. The van der Waals surface area contributed by atoms with Crippen LogP contribution >= 0.6 is 34.9 Å². The third-order valence-electron chi connectivity index (χ3n) is 4.52. The Morgan fingerprint density at radius 1 is 1.31 bits per heavy atom. The van der Waals surface area contributed by atoms with E-state index in [-0.39, 0.29) is 0 Å². The van der Waals surface area contributed by atoms with Crippen LogP contribution in [0, 0.1) is 10.9 Å². The molecule has 5 N–H and O–H groups in total. The number of nitrogens with one attached hydrogen (secondary N) is 4. The summed E-state index contributed by atoms with van der Waals surface area (Å²) >= 11 is 8.09. The zero-order valence-electron chi connectivity index (χ0n) is 15.7. The van der Waals surface area contributed by atoms with Crippen molar-refractivity contribution in [2.24, 2.45) is 0 Å². The lowest BCUT2D eigenvalue weighted by molar-refractivity contribution is 0.0613. The highest BCUT2D eigenvalue weighted by Crippen LogP contribution is 2.32. The minimum absolute atomic E-state index is 0.305. The first-order chi connectivity index (χ1) is 14.0. The standard InChI is InChI=1S/C18H24ClF2N5OS2/c19-12-7-15(29-26-17-25-9-16(21)28-17)13(20)8-14(12)24-5-2-1-4-22-10-18(27)3-6-23-11-18/h7-9,22-24,27H,1-6,10-11H2,(H,25,26)/t18-/m0/s1. The van der Waals surface area contributed by atoms with Gasteiger partial charge in [-0.3, -0.25) is 0 Å². The number of rotatable bonds is 11. The second kappa shape index (κ2) is 10.7. The molecule has 1 aliphatic heterocycles. The molecule has 0 saturated carbocycles. The fourth-order valence-electron chi connectivity index (χ4n) is 2.94. The van der Waals surface area contributed by atoms with Crippen molar-refractivity contribution in [2.75, 3.05) is 42.8 Å². The van der Waals surface area contributed by atoms with Crippen molar-refractivity contribution in [1.82, 2.24) is 15.6 Å². The number of hydrogen-bond donors (Lipinski definition) is 5. The third-order valence-corrected chi connectivity index (χ3v) is 6.49. The number of halogens is 3. The molecular weight excluding hydrogens is 440 g/mol. The molecule has 0 radical (unpaired) electrons. The Morgan fingerprint density at radius 3 is 2.86 bits per heavy atom. The molecule has 0 unspecified atom stereocenters. The molecule has 160 valence electrons. The highest BCUT2D eigenvalue weighted by molar-refractivity contribution is 8.00.